The Hall–Kier alpha value is -5.88. The van der Waals surface area contributed by atoms with Crippen LogP contribution in [-0.4, -0.2) is 124 Å². The highest BCUT2D eigenvalue weighted by atomic mass is 16.7. The summed E-state index contributed by atoms with van der Waals surface area (Å²) in [5, 5.41) is 16.2. The van der Waals surface area contributed by atoms with Crippen LogP contribution in [0.3, 0.4) is 0 Å². The van der Waals surface area contributed by atoms with Crippen LogP contribution in [0.25, 0.3) is 0 Å². The molecule has 2 aromatic rings. The summed E-state index contributed by atoms with van der Waals surface area (Å²) in [6, 6.07) is 14.4. The van der Waals surface area contributed by atoms with E-state index in [1.54, 1.807) is 48.5 Å². The van der Waals surface area contributed by atoms with Gasteiger partial charge < -0.3 is 47.8 Å². The lowest BCUT2D eigenvalue weighted by Crippen LogP contribution is -2.26. The number of hydrogen-bond donors (Lipinski definition) is 0. The molecule has 0 radical (unpaired) electrons. The average molecular weight is 749 g/mol. The van der Waals surface area contributed by atoms with E-state index < -0.39 is 48.3 Å². The number of carbonyl (C=O) groups excluding carboxylic acids is 4. The first kappa shape index (κ1) is 36.5. The minimum Gasteiger partial charge on any atom is -0.460 e. The maximum atomic E-state index is 12.5. The second-order valence-corrected chi connectivity index (χ2v) is 12.4. The SMILES string of the molecule is O=C1OCCOCCOC(=O)[C@H]2CC(=NO2)c2ccc(cc2)C2=NO[C@H](C2)C(=O)OCCOCCOC(=O)[C@@H]2CC(=NO2)c2ccc(cc2)C2=NO[C@H]1C2. The molecule has 4 atom stereocenters. The lowest BCUT2D eigenvalue weighted by Gasteiger charge is -2.11. The lowest BCUT2D eigenvalue weighted by molar-refractivity contribution is -0.160. The summed E-state index contributed by atoms with van der Waals surface area (Å²) < 4.78 is 31.9. The largest absolute Gasteiger partial charge is 0.460 e. The molecule has 0 saturated heterocycles. The standard InChI is InChI=1S/C36H36N4O14/c41-33-29-17-25(37-51-29)21-1-2-22(4-3-21)26-18-30(52-38-26)34(42)48-14-10-46-12-16-50-36(44)32-20-28(40-54-32)24-7-5-23(6-8-24)27-19-31(53-39-27)35(43)49-15-11-45-9-13-47-33/h1-8,29-32H,9-20H2/t29-,30-,31+,32+. The van der Waals surface area contributed by atoms with Gasteiger partial charge in [0, 0.05) is 25.7 Å². The normalized spacial score (nSPS) is 25.8. The van der Waals surface area contributed by atoms with Gasteiger partial charge in [-0.15, -0.1) is 0 Å². The molecule has 10 rings (SSSR count). The Morgan fingerprint density at radius 2 is 0.574 bits per heavy atom. The Bertz CT molecular complexity index is 1580. The van der Waals surface area contributed by atoms with E-state index in [1.807, 2.05) is 0 Å². The highest BCUT2D eigenvalue weighted by Crippen LogP contribution is 2.23. The van der Waals surface area contributed by atoms with E-state index in [9.17, 15) is 19.2 Å². The third-order valence-corrected chi connectivity index (χ3v) is 8.72. The zero-order valence-electron chi connectivity index (χ0n) is 28.9. The third-order valence-electron chi connectivity index (χ3n) is 8.72. The zero-order valence-corrected chi connectivity index (χ0v) is 28.9. The number of hydrogen-bond acceptors (Lipinski definition) is 18. The van der Waals surface area contributed by atoms with Gasteiger partial charge in [0.2, 0.25) is 24.4 Å². The molecule has 0 N–H and O–H groups in total. The van der Waals surface area contributed by atoms with Gasteiger partial charge in [-0.25, -0.2) is 19.2 Å². The lowest BCUT2D eigenvalue weighted by atomic mass is 10.00. The molecule has 0 spiro atoms. The molecule has 8 aliphatic rings. The topological polar surface area (TPSA) is 210 Å². The number of esters is 4. The van der Waals surface area contributed by atoms with Gasteiger partial charge >= 0.3 is 23.9 Å². The van der Waals surface area contributed by atoms with Crippen LogP contribution in [0.5, 0.6) is 0 Å². The van der Waals surface area contributed by atoms with Gasteiger partial charge in [-0.1, -0.05) is 69.2 Å². The predicted octanol–water partition coefficient (Wildman–Crippen LogP) is 1.58. The second kappa shape index (κ2) is 17.3. The van der Waals surface area contributed by atoms with Crippen molar-refractivity contribution in [2.24, 2.45) is 20.6 Å². The van der Waals surface area contributed by atoms with E-state index in [4.69, 9.17) is 47.8 Å². The molecule has 284 valence electrons. The quantitative estimate of drug-likeness (QED) is 0.277. The van der Waals surface area contributed by atoms with Crippen molar-refractivity contribution in [2.45, 2.75) is 50.1 Å². The fourth-order valence-corrected chi connectivity index (χ4v) is 5.79. The molecule has 0 unspecified atom stereocenters. The van der Waals surface area contributed by atoms with Crippen molar-refractivity contribution in [3.05, 3.63) is 70.8 Å². The predicted molar refractivity (Wildman–Crippen MR) is 182 cm³/mol. The molecule has 8 heterocycles. The molecule has 18 heteroatoms. The molecule has 0 amide bonds. The molecule has 54 heavy (non-hydrogen) atoms. The minimum absolute atomic E-state index is 0.0294. The molecule has 0 aliphatic carbocycles. The van der Waals surface area contributed by atoms with Crippen LogP contribution in [0.4, 0.5) is 0 Å². The molecule has 8 aliphatic heterocycles. The van der Waals surface area contributed by atoms with Crippen LogP contribution in [0.15, 0.2) is 69.2 Å². The molecular formula is C36H36N4O14. The third kappa shape index (κ3) is 9.00. The van der Waals surface area contributed by atoms with E-state index in [0.717, 1.165) is 22.3 Å². The van der Waals surface area contributed by atoms with Crippen molar-refractivity contribution < 1.29 is 66.9 Å². The van der Waals surface area contributed by atoms with Crippen LogP contribution in [-0.2, 0) is 66.9 Å². The summed E-state index contributed by atoms with van der Waals surface area (Å²) in [5.74, 6) is -2.33. The van der Waals surface area contributed by atoms with E-state index in [-0.39, 0.29) is 78.5 Å². The monoisotopic (exact) mass is 748 g/mol. The molecular weight excluding hydrogens is 712 g/mol. The molecule has 18 nitrogen and oxygen atoms in total. The van der Waals surface area contributed by atoms with E-state index in [0.29, 0.717) is 22.8 Å². The van der Waals surface area contributed by atoms with Crippen LogP contribution >= 0.6 is 0 Å². The summed E-state index contributed by atoms with van der Waals surface area (Å²) in [6.45, 7) is 0.209. The number of rotatable bonds is 0. The molecule has 2 aromatic carbocycles. The van der Waals surface area contributed by atoms with Gasteiger partial charge in [0.15, 0.2) is 0 Å². The number of benzene rings is 2. The fourth-order valence-electron chi connectivity index (χ4n) is 5.79. The highest BCUT2D eigenvalue weighted by molar-refractivity contribution is 6.07. The summed E-state index contributed by atoms with van der Waals surface area (Å²) >= 11 is 0. The van der Waals surface area contributed by atoms with Crippen LogP contribution in [0, 0.1) is 0 Å². The van der Waals surface area contributed by atoms with Crippen molar-refractivity contribution in [1.29, 1.82) is 0 Å². The maximum Gasteiger partial charge on any atom is 0.350 e. The van der Waals surface area contributed by atoms with E-state index in [1.165, 1.54) is 0 Å². The van der Waals surface area contributed by atoms with Crippen LogP contribution in [0.2, 0.25) is 0 Å². The van der Waals surface area contributed by atoms with Crippen molar-refractivity contribution in [3.63, 3.8) is 0 Å². The Kier molecular flexibility index (Phi) is 11.7. The van der Waals surface area contributed by atoms with Gasteiger partial charge in [0.1, 0.15) is 26.4 Å². The Labute approximate surface area is 307 Å². The summed E-state index contributed by atoms with van der Waals surface area (Å²) in [4.78, 5) is 71.4. The molecule has 0 fully saturated rings. The van der Waals surface area contributed by atoms with Crippen molar-refractivity contribution >= 4 is 46.7 Å². The van der Waals surface area contributed by atoms with E-state index in [2.05, 4.69) is 20.6 Å². The smallest absolute Gasteiger partial charge is 0.350 e. The van der Waals surface area contributed by atoms with Gasteiger partial charge in [-0.05, 0) is 22.3 Å². The zero-order chi connectivity index (χ0) is 37.3. The Balaban J connectivity index is 0.913. The van der Waals surface area contributed by atoms with Crippen molar-refractivity contribution in [2.75, 3.05) is 52.9 Å². The molecule has 12 bridgehead atoms. The summed E-state index contributed by atoms with van der Waals surface area (Å²) in [5.41, 5.74) is 5.24. The fraction of sp³-hybridized carbons (Fsp3) is 0.444. The second-order valence-electron chi connectivity index (χ2n) is 12.4. The van der Waals surface area contributed by atoms with Crippen molar-refractivity contribution in [1.82, 2.24) is 0 Å². The minimum atomic E-state index is -0.899. The number of carbonyl (C=O) groups is 4. The van der Waals surface area contributed by atoms with Gasteiger partial charge in [0.25, 0.3) is 0 Å². The Morgan fingerprint density at radius 3 is 0.796 bits per heavy atom. The molecule has 0 saturated carbocycles. The number of nitrogens with zero attached hydrogens (tertiary/aromatic N) is 4. The van der Waals surface area contributed by atoms with E-state index >= 15 is 0 Å². The number of oxime groups is 4. The number of ether oxygens (including phenoxy) is 6. The first-order valence-corrected chi connectivity index (χ1v) is 17.4. The van der Waals surface area contributed by atoms with Gasteiger partial charge in [-0.3, -0.25) is 0 Å². The summed E-state index contributed by atoms with van der Waals surface area (Å²) in [6.07, 6.45) is -2.73. The van der Waals surface area contributed by atoms with Gasteiger partial charge in [-0.2, -0.15) is 0 Å². The van der Waals surface area contributed by atoms with Crippen LogP contribution < -0.4 is 0 Å². The summed E-state index contributed by atoms with van der Waals surface area (Å²) in [7, 11) is 0. The first-order valence-electron chi connectivity index (χ1n) is 17.4. The van der Waals surface area contributed by atoms with Crippen LogP contribution in [0.1, 0.15) is 47.9 Å². The highest BCUT2D eigenvalue weighted by Gasteiger charge is 2.34. The first-order chi connectivity index (χ1) is 26.4. The average Bonchev–Trinajstić information content (AvgIpc) is 4.04. The van der Waals surface area contributed by atoms with Gasteiger partial charge in [0.05, 0.1) is 49.3 Å². The maximum absolute atomic E-state index is 12.5. The molecule has 0 aromatic heterocycles. The van der Waals surface area contributed by atoms with Crippen molar-refractivity contribution in [3.8, 4) is 0 Å². The Morgan fingerprint density at radius 1 is 0.352 bits per heavy atom.